The van der Waals surface area contributed by atoms with E-state index in [0.717, 1.165) is 0 Å². The van der Waals surface area contributed by atoms with Gasteiger partial charge in [0.05, 0.1) is 16.4 Å². The third-order valence-corrected chi connectivity index (χ3v) is 3.52. The summed E-state index contributed by atoms with van der Waals surface area (Å²) in [6.45, 7) is 1.73. The summed E-state index contributed by atoms with van der Waals surface area (Å²) < 4.78 is 40.3. The first-order valence-corrected chi connectivity index (χ1v) is 6.01. The number of aromatic nitrogens is 1. The predicted molar refractivity (Wildman–Crippen MR) is 70.7 cm³/mol. The summed E-state index contributed by atoms with van der Waals surface area (Å²) in [7, 11) is 0. The fraction of sp³-hybridized carbons (Fsp3) is 0.0833. The highest BCUT2D eigenvalue weighted by molar-refractivity contribution is 9.10. The molecule has 0 spiro atoms. The second kappa shape index (κ2) is 5.08. The van der Waals surface area contributed by atoms with Crippen LogP contribution in [0.1, 0.15) is 5.56 Å². The van der Waals surface area contributed by atoms with E-state index in [1.807, 2.05) is 0 Å². The Morgan fingerprint density at radius 3 is 2.37 bits per heavy atom. The average Bonchev–Trinajstić information content (AvgIpc) is 2.33. The van der Waals surface area contributed by atoms with E-state index in [1.165, 1.54) is 6.20 Å². The lowest BCUT2D eigenvalue weighted by Gasteiger charge is -2.12. The monoisotopic (exact) mass is 331 g/mol. The van der Waals surface area contributed by atoms with Crippen molar-refractivity contribution in [2.75, 3.05) is 11.1 Å². The van der Waals surface area contributed by atoms with Crippen molar-refractivity contribution in [3.8, 4) is 0 Å². The fourth-order valence-corrected chi connectivity index (χ4v) is 1.89. The van der Waals surface area contributed by atoms with Gasteiger partial charge in [0.15, 0.2) is 11.6 Å². The molecule has 0 aliphatic rings. The molecule has 2 rings (SSSR count). The van der Waals surface area contributed by atoms with E-state index >= 15 is 0 Å². The summed E-state index contributed by atoms with van der Waals surface area (Å²) in [6, 6.07) is 1.17. The number of anilines is 3. The Bertz CT molecular complexity index is 623. The lowest BCUT2D eigenvalue weighted by atomic mass is 10.2. The van der Waals surface area contributed by atoms with Crippen LogP contribution in [-0.4, -0.2) is 4.98 Å². The van der Waals surface area contributed by atoms with Gasteiger partial charge < -0.3 is 11.1 Å². The highest BCUT2D eigenvalue weighted by atomic mass is 79.9. The molecule has 0 atom stereocenters. The number of nitrogens with zero attached hydrogens (tertiary/aromatic N) is 1. The highest BCUT2D eigenvalue weighted by Gasteiger charge is 2.15. The van der Waals surface area contributed by atoms with E-state index < -0.39 is 23.1 Å². The van der Waals surface area contributed by atoms with Crippen LogP contribution in [0, 0.1) is 24.4 Å². The van der Waals surface area contributed by atoms with Gasteiger partial charge in [0.25, 0.3) is 0 Å². The molecule has 0 unspecified atom stereocenters. The topological polar surface area (TPSA) is 50.9 Å². The summed E-state index contributed by atoms with van der Waals surface area (Å²) >= 11 is 3.23. The minimum atomic E-state index is -1.04. The van der Waals surface area contributed by atoms with Gasteiger partial charge >= 0.3 is 0 Å². The molecule has 0 saturated heterocycles. The van der Waals surface area contributed by atoms with Crippen LogP contribution in [0.25, 0.3) is 0 Å². The number of hydrogen-bond acceptors (Lipinski definition) is 3. The van der Waals surface area contributed by atoms with Gasteiger partial charge in [-0.3, -0.25) is 0 Å². The summed E-state index contributed by atoms with van der Waals surface area (Å²) in [6.07, 6.45) is 1.36. The SMILES string of the molecule is Cc1c(N)cnc(Nc2c(F)cc(F)cc2F)c1Br. The fourth-order valence-electron chi connectivity index (χ4n) is 1.46. The molecule has 7 heteroatoms. The van der Waals surface area contributed by atoms with E-state index in [4.69, 9.17) is 5.73 Å². The maximum atomic E-state index is 13.5. The number of nitrogen functional groups attached to an aromatic ring is 1. The normalized spacial score (nSPS) is 10.6. The van der Waals surface area contributed by atoms with Crippen molar-refractivity contribution in [1.29, 1.82) is 0 Å². The third kappa shape index (κ3) is 2.65. The smallest absolute Gasteiger partial charge is 0.152 e. The van der Waals surface area contributed by atoms with Crippen LogP contribution in [0.5, 0.6) is 0 Å². The van der Waals surface area contributed by atoms with Crippen LogP contribution in [-0.2, 0) is 0 Å². The molecule has 3 nitrogen and oxygen atoms in total. The molecule has 0 aliphatic carbocycles. The second-order valence-electron chi connectivity index (χ2n) is 3.87. The second-order valence-corrected chi connectivity index (χ2v) is 4.66. The van der Waals surface area contributed by atoms with Gasteiger partial charge in [-0.25, -0.2) is 18.2 Å². The summed E-state index contributed by atoms with van der Waals surface area (Å²) in [5, 5.41) is 2.47. The van der Waals surface area contributed by atoms with Crippen LogP contribution >= 0.6 is 15.9 Å². The molecule has 0 amide bonds. The average molecular weight is 332 g/mol. The molecule has 0 radical (unpaired) electrons. The molecule has 0 saturated carbocycles. The molecule has 0 aliphatic heterocycles. The first-order chi connectivity index (χ1) is 8.90. The van der Waals surface area contributed by atoms with Crippen molar-refractivity contribution in [2.45, 2.75) is 6.92 Å². The third-order valence-electron chi connectivity index (χ3n) is 2.55. The van der Waals surface area contributed by atoms with E-state index in [1.54, 1.807) is 6.92 Å². The Morgan fingerprint density at radius 1 is 1.21 bits per heavy atom. The van der Waals surface area contributed by atoms with E-state index in [2.05, 4.69) is 26.2 Å². The molecule has 1 heterocycles. The number of halogens is 4. The van der Waals surface area contributed by atoms with Gasteiger partial charge in [-0.05, 0) is 28.4 Å². The number of nitrogens with two attached hydrogens (primary N) is 1. The largest absolute Gasteiger partial charge is 0.397 e. The zero-order valence-corrected chi connectivity index (χ0v) is 11.4. The minimum Gasteiger partial charge on any atom is -0.397 e. The molecule has 1 aromatic carbocycles. The van der Waals surface area contributed by atoms with E-state index in [9.17, 15) is 13.2 Å². The first-order valence-electron chi connectivity index (χ1n) is 5.22. The Balaban J connectivity index is 2.45. The lowest BCUT2D eigenvalue weighted by Crippen LogP contribution is -2.03. The van der Waals surface area contributed by atoms with Gasteiger partial charge in [-0.1, -0.05) is 0 Å². The summed E-state index contributed by atoms with van der Waals surface area (Å²) in [5.41, 5.74) is 6.29. The van der Waals surface area contributed by atoms with Gasteiger partial charge in [0.1, 0.15) is 17.3 Å². The number of nitrogens with one attached hydrogen (secondary N) is 1. The molecule has 3 N–H and O–H groups in total. The Morgan fingerprint density at radius 2 is 1.79 bits per heavy atom. The van der Waals surface area contributed by atoms with Crippen LogP contribution in [0.2, 0.25) is 0 Å². The van der Waals surface area contributed by atoms with Gasteiger partial charge in [0.2, 0.25) is 0 Å². The van der Waals surface area contributed by atoms with Crippen molar-refractivity contribution in [1.82, 2.24) is 4.98 Å². The molecule has 1 aromatic heterocycles. The van der Waals surface area contributed by atoms with Crippen LogP contribution in [0.4, 0.5) is 30.4 Å². The zero-order chi connectivity index (χ0) is 14.2. The Labute approximate surface area is 115 Å². The molecular formula is C12H9BrF3N3. The molecule has 2 aromatic rings. The molecule has 100 valence electrons. The van der Waals surface area contributed by atoms with Crippen molar-refractivity contribution in [2.24, 2.45) is 0 Å². The minimum absolute atomic E-state index is 0.191. The quantitative estimate of drug-likeness (QED) is 0.877. The molecule has 0 bridgehead atoms. The number of pyridine rings is 1. The number of hydrogen-bond donors (Lipinski definition) is 2. The molecule has 19 heavy (non-hydrogen) atoms. The predicted octanol–water partition coefficient (Wildman–Crippen LogP) is 3.90. The van der Waals surface area contributed by atoms with Crippen molar-refractivity contribution < 1.29 is 13.2 Å². The maximum Gasteiger partial charge on any atom is 0.152 e. The van der Waals surface area contributed by atoms with Gasteiger partial charge in [-0.15, -0.1) is 0 Å². The first kappa shape index (κ1) is 13.7. The van der Waals surface area contributed by atoms with Gasteiger partial charge in [0, 0.05) is 12.1 Å². The van der Waals surface area contributed by atoms with E-state index in [0.29, 0.717) is 27.9 Å². The number of benzene rings is 1. The van der Waals surface area contributed by atoms with Crippen molar-refractivity contribution >= 4 is 33.1 Å². The zero-order valence-electron chi connectivity index (χ0n) is 9.77. The maximum absolute atomic E-state index is 13.5. The number of rotatable bonds is 2. The molecular weight excluding hydrogens is 323 g/mol. The van der Waals surface area contributed by atoms with Crippen molar-refractivity contribution in [3.05, 3.63) is 45.8 Å². The Kier molecular flexibility index (Phi) is 3.66. The van der Waals surface area contributed by atoms with Crippen molar-refractivity contribution in [3.63, 3.8) is 0 Å². The highest BCUT2D eigenvalue weighted by Crippen LogP contribution is 2.31. The van der Waals surface area contributed by atoms with Crippen LogP contribution < -0.4 is 11.1 Å². The lowest BCUT2D eigenvalue weighted by molar-refractivity contribution is 0.548. The van der Waals surface area contributed by atoms with Crippen LogP contribution in [0.3, 0.4) is 0 Å². The molecule has 0 fully saturated rings. The summed E-state index contributed by atoms with van der Waals surface area (Å²) in [5.74, 6) is -2.88. The standard InChI is InChI=1S/C12H9BrF3N3/c1-5-9(17)4-18-12(10(5)13)19-11-7(15)2-6(14)3-8(11)16/h2-4H,17H2,1H3,(H,18,19). The van der Waals surface area contributed by atoms with Crippen LogP contribution in [0.15, 0.2) is 22.8 Å². The van der Waals surface area contributed by atoms with E-state index in [-0.39, 0.29) is 5.82 Å². The van der Waals surface area contributed by atoms with Gasteiger partial charge in [-0.2, -0.15) is 0 Å². The summed E-state index contributed by atoms with van der Waals surface area (Å²) in [4.78, 5) is 3.93. The Hall–Kier alpha value is -1.76.